The van der Waals surface area contributed by atoms with Gasteiger partial charge in [-0.3, -0.25) is 4.79 Å². The summed E-state index contributed by atoms with van der Waals surface area (Å²) >= 11 is 0. The first-order valence-corrected chi connectivity index (χ1v) is 3.57. The molecule has 0 aliphatic rings. The number of esters is 1. The molecule has 2 N–H and O–H groups in total. The van der Waals surface area contributed by atoms with Gasteiger partial charge in [0.05, 0.1) is 11.9 Å². The van der Waals surface area contributed by atoms with Gasteiger partial charge in [0.1, 0.15) is 0 Å². The van der Waals surface area contributed by atoms with E-state index in [1.165, 1.54) is 19.2 Å². The summed E-state index contributed by atoms with van der Waals surface area (Å²) in [6.45, 7) is 4.76. The van der Waals surface area contributed by atoms with E-state index in [9.17, 15) is 4.79 Å². The molecule has 1 rings (SSSR count). The van der Waals surface area contributed by atoms with Crippen LogP contribution in [0.25, 0.3) is 6.08 Å². The molecule has 0 aromatic carbocycles. The van der Waals surface area contributed by atoms with Gasteiger partial charge in [0, 0.05) is 6.92 Å². The number of carbonyl (C=O) groups excluding carboxylic acids is 1. The van der Waals surface area contributed by atoms with Gasteiger partial charge in [-0.05, 0) is 6.08 Å². The number of anilines is 1. The molecule has 0 unspecified atom stereocenters. The molecule has 5 heteroatoms. The lowest BCUT2D eigenvalue weighted by molar-refractivity contribution is -0.132. The normalized spacial score (nSPS) is 9.31. The molecule has 0 bridgehead atoms. The highest BCUT2D eigenvalue weighted by atomic mass is 16.5. The highest BCUT2D eigenvalue weighted by molar-refractivity contribution is 5.70. The van der Waals surface area contributed by atoms with E-state index in [4.69, 9.17) is 5.73 Å². The average Bonchev–Trinajstić information content (AvgIpc) is 2.08. The van der Waals surface area contributed by atoms with E-state index in [1.54, 1.807) is 0 Å². The summed E-state index contributed by atoms with van der Waals surface area (Å²) in [5, 5.41) is 0. The second-order valence-corrected chi connectivity index (χ2v) is 2.28. The van der Waals surface area contributed by atoms with E-state index in [-0.39, 0.29) is 11.7 Å². The van der Waals surface area contributed by atoms with Gasteiger partial charge < -0.3 is 10.5 Å². The minimum Gasteiger partial charge on any atom is -0.404 e. The largest absolute Gasteiger partial charge is 0.404 e. The van der Waals surface area contributed by atoms with Crippen LogP contribution in [0.4, 0.5) is 5.82 Å². The van der Waals surface area contributed by atoms with Crippen LogP contribution in [-0.2, 0) is 4.79 Å². The van der Waals surface area contributed by atoms with Crippen molar-refractivity contribution >= 4 is 17.9 Å². The van der Waals surface area contributed by atoms with Crippen molar-refractivity contribution in [3.05, 3.63) is 18.5 Å². The Kier molecular flexibility index (Phi) is 2.59. The second kappa shape index (κ2) is 3.66. The number of carbonyl (C=O) groups is 1. The third-order valence-electron chi connectivity index (χ3n) is 1.23. The molecule has 0 fully saturated rings. The zero-order valence-corrected chi connectivity index (χ0v) is 7.15. The molecule has 0 atom stereocenters. The lowest BCUT2D eigenvalue weighted by Crippen LogP contribution is -2.07. The summed E-state index contributed by atoms with van der Waals surface area (Å²) in [5.41, 5.74) is 5.98. The average molecular weight is 179 g/mol. The Morgan fingerprint density at radius 1 is 1.77 bits per heavy atom. The smallest absolute Gasteiger partial charge is 0.309 e. The van der Waals surface area contributed by atoms with Crippen LogP contribution in [-0.4, -0.2) is 15.9 Å². The number of rotatable bonds is 2. The predicted octanol–water partition coefficient (Wildman–Crippen LogP) is 0.627. The number of hydrogen-bond acceptors (Lipinski definition) is 5. The fourth-order valence-electron chi connectivity index (χ4n) is 0.720. The van der Waals surface area contributed by atoms with Crippen molar-refractivity contribution in [3.63, 3.8) is 0 Å². The van der Waals surface area contributed by atoms with E-state index in [1.807, 2.05) is 0 Å². The molecule has 0 saturated carbocycles. The molecule has 1 aromatic rings. The third-order valence-corrected chi connectivity index (χ3v) is 1.23. The Bertz CT molecular complexity index is 349. The monoisotopic (exact) mass is 179 g/mol. The van der Waals surface area contributed by atoms with Crippen LogP contribution in [0.1, 0.15) is 12.6 Å². The van der Waals surface area contributed by atoms with Crippen LogP contribution in [0.15, 0.2) is 12.8 Å². The molecule has 68 valence electrons. The van der Waals surface area contributed by atoms with Gasteiger partial charge in [0.25, 0.3) is 5.88 Å². The van der Waals surface area contributed by atoms with Crippen LogP contribution in [0.3, 0.4) is 0 Å². The van der Waals surface area contributed by atoms with Crippen molar-refractivity contribution in [1.82, 2.24) is 9.97 Å². The number of nitrogens with zero attached hydrogens (tertiary/aromatic N) is 2. The van der Waals surface area contributed by atoms with E-state index < -0.39 is 5.97 Å². The zero-order chi connectivity index (χ0) is 9.84. The first-order valence-electron chi connectivity index (χ1n) is 3.57. The summed E-state index contributed by atoms with van der Waals surface area (Å²) in [4.78, 5) is 18.2. The summed E-state index contributed by atoms with van der Waals surface area (Å²) < 4.78 is 4.67. The fourth-order valence-corrected chi connectivity index (χ4v) is 0.720. The number of ether oxygens (including phenoxy) is 1. The molecule has 0 saturated heterocycles. The van der Waals surface area contributed by atoms with Crippen LogP contribution in [0.5, 0.6) is 5.88 Å². The molecule has 1 heterocycles. The zero-order valence-electron chi connectivity index (χ0n) is 7.15. The van der Waals surface area contributed by atoms with Crippen molar-refractivity contribution in [2.45, 2.75) is 6.92 Å². The van der Waals surface area contributed by atoms with Crippen LogP contribution >= 0.6 is 0 Å². The van der Waals surface area contributed by atoms with Crippen molar-refractivity contribution in [2.24, 2.45) is 0 Å². The van der Waals surface area contributed by atoms with E-state index in [0.717, 1.165) is 0 Å². The molecule has 0 amide bonds. The summed E-state index contributed by atoms with van der Waals surface area (Å²) in [7, 11) is 0. The minimum atomic E-state index is -0.479. The van der Waals surface area contributed by atoms with Gasteiger partial charge in [0.15, 0.2) is 5.82 Å². The molecule has 13 heavy (non-hydrogen) atoms. The van der Waals surface area contributed by atoms with Crippen LogP contribution < -0.4 is 10.5 Å². The first kappa shape index (κ1) is 9.18. The molecular weight excluding hydrogens is 170 g/mol. The molecule has 5 nitrogen and oxygen atoms in total. The van der Waals surface area contributed by atoms with E-state index >= 15 is 0 Å². The lowest BCUT2D eigenvalue weighted by Gasteiger charge is -2.02. The van der Waals surface area contributed by atoms with E-state index in [2.05, 4.69) is 21.3 Å². The van der Waals surface area contributed by atoms with E-state index in [0.29, 0.717) is 5.69 Å². The van der Waals surface area contributed by atoms with Crippen LogP contribution in [0, 0.1) is 0 Å². The number of aromatic nitrogens is 2. The number of hydrogen-bond donors (Lipinski definition) is 1. The molecule has 0 aliphatic heterocycles. The lowest BCUT2D eigenvalue weighted by atomic mass is 10.4. The van der Waals surface area contributed by atoms with Gasteiger partial charge in [-0.1, -0.05) is 6.58 Å². The maximum absolute atomic E-state index is 10.6. The number of nitrogen functional groups attached to an aromatic ring is 1. The van der Waals surface area contributed by atoms with Gasteiger partial charge in [-0.15, -0.1) is 0 Å². The van der Waals surface area contributed by atoms with Crippen molar-refractivity contribution in [2.75, 3.05) is 5.73 Å². The van der Waals surface area contributed by atoms with Gasteiger partial charge in [0.2, 0.25) is 0 Å². The summed E-state index contributed by atoms with van der Waals surface area (Å²) in [6, 6.07) is 0. The minimum absolute atomic E-state index is 0.0260. The molecule has 0 spiro atoms. The number of nitrogens with two attached hydrogens (primary N) is 1. The Balaban J connectivity index is 2.98. The fraction of sp³-hybridized carbons (Fsp3) is 0.125. The second-order valence-electron chi connectivity index (χ2n) is 2.28. The Labute approximate surface area is 75.3 Å². The predicted molar refractivity (Wildman–Crippen MR) is 47.8 cm³/mol. The Hall–Kier alpha value is -1.91. The Morgan fingerprint density at radius 3 is 2.92 bits per heavy atom. The summed E-state index contributed by atoms with van der Waals surface area (Å²) in [6.07, 6.45) is 2.92. The molecule has 1 aromatic heterocycles. The van der Waals surface area contributed by atoms with Gasteiger partial charge in [-0.2, -0.15) is 0 Å². The third kappa shape index (κ3) is 2.26. The molecule has 0 radical (unpaired) electrons. The van der Waals surface area contributed by atoms with Gasteiger partial charge >= 0.3 is 5.97 Å². The van der Waals surface area contributed by atoms with Crippen LogP contribution in [0.2, 0.25) is 0 Å². The highest BCUT2D eigenvalue weighted by Crippen LogP contribution is 2.15. The Morgan fingerprint density at radius 2 is 2.46 bits per heavy atom. The maximum atomic E-state index is 10.6. The highest BCUT2D eigenvalue weighted by Gasteiger charge is 2.06. The van der Waals surface area contributed by atoms with Crippen molar-refractivity contribution in [3.8, 4) is 5.88 Å². The summed E-state index contributed by atoms with van der Waals surface area (Å²) in [5.74, 6) is -0.377. The SMILES string of the molecule is C=Cc1cnc(OC(C)=O)c(N)n1. The maximum Gasteiger partial charge on any atom is 0.309 e. The van der Waals surface area contributed by atoms with Crippen molar-refractivity contribution < 1.29 is 9.53 Å². The molecule has 0 aliphatic carbocycles. The van der Waals surface area contributed by atoms with Gasteiger partial charge in [-0.25, -0.2) is 9.97 Å². The topological polar surface area (TPSA) is 78.1 Å². The van der Waals surface area contributed by atoms with Crippen molar-refractivity contribution in [1.29, 1.82) is 0 Å². The molecular formula is C8H9N3O2. The standard InChI is InChI=1S/C8H9N3O2/c1-3-6-4-10-8(7(9)11-6)13-5(2)12/h3-4H,1H2,2H3,(H2,9,11). The first-order chi connectivity index (χ1) is 6.13. The quantitative estimate of drug-likeness (QED) is 0.673.